The second-order valence-electron chi connectivity index (χ2n) is 8.66. The van der Waals surface area contributed by atoms with Gasteiger partial charge in [0.2, 0.25) is 5.91 Å². The molecule has 0 aliphatic carbocycles. The van der Waals surface area contributed by atoms with Crippen molar-refractivity contribution in [1.82, 2.24) is 20.4 Å². The summed E-state index contributed by atoms with van der Waals surface area (Å²) in [5.41, 5.74) is 0.205. The number of morpholine rings is 1. The zero-order chi connectivity index (χ0) is 20.8. The van der Waals surface area contributed by atoms with Gasteiger partial charge in [0.1, 0.15) is 6.54 Å². The van der Waals surface area contributed by atoms with E-state index in [9.17, 15) is 4.79 Å². The monoisotopic (exact) mass is 397 g/mol. The van der Waals surface area contributed by atoms with Gasteiger partial charge < -0.3 is 20.3 Å². The number of likely N-dealkylation sites (N-methyl/N-ethyl adjacent to an activating group) is 1. The van der Waals surface area contributed by atoms with E-state index in [0.29, 0.717) is 0 Å². The van der Waals surface area contributed by atoms with Gasteiger partial charge in [0.05, 0.1) is 13.2 Å². The summed E-state index contributed by atoms with van der Waals surface area (Å²) >= 11 is 0. The maximum Gasteiger partial charge on any atom is 0.243 e. The number of nitrogens with zero attached hydrogens (tertiary/aromatic N) is 3. The molecule has 1 aliphatic heterocycles. The van der Waals surface area contributed by atoms with Crippen LogP contribution in [-0.4, -0.2) is 88.2 Å². The van der Waals surface area contributed by atoms with E-state index in [0.717, 1.165) is 58.3 Å². The number of carbonyl (C=O) groups is 1. The van der Waals surface area contributed by atoms with Crippen LogP contribution in [0.1, 0.15) is 52.9 Å². The van der Waals surface area contributed by atoms with Crippen molar-refractivity contribution in [2.75, 3.05) is 66.6 Å². The lowest BCUT2D eigenvalue weighted by Crippen LogP contribution is -2.44. The van der Waals surface area contributed by atoms with Crippen LogP contribution in [0.25, 0.3) is 0 Å². The van der Waals surface area contributed by atoms with Gasteiger partial charge in [-0.15, -0.1) is 0 Å². The Morgan fingerprint density at radius 1 is 1.14 bits per heavy atom. The molecule has 0 saturated carbocycles. The first-order valence-electron chi connectivity index (χ1n) is 10.9. The second-order valence-corrected chi connectivity index (χ2v) is 8.66. The topological polar surface area (TPSA) is 69.2 Å². The number of carbonyl (C=O) groups excluding carboxylic acids is 1. The normalized spacial score (nSPS) is 16.1. The second kappa shape index (κ2) is 13.8. The lowest BCUT2D eigenvalue weighted by atomic mass is 9.87. The standard InChI is InChI=1S/C21H43N5O2/c1-6-7-8-10-21(2,3)18-24-20(23-17-19(27)25(4)5)22-11-9-12-26-13-15-28-16-14-26/h6-18H2,1-5H3,(H2,22,23,24). The van der Waals surface area contributed by atoms with Crippen LogP contribution in [0.4, 0.5) is 0 Å². The van der Waals surface area contributed by atoms with Crippen molar-refractivity contribution >= 4 is 11.9 Å². The van der Waals surface area contributed by atoms with E-state index in [4.69, 9.17) is 4.74 Å². The van der Waals surface area contributed by atoms with E-state index in [-0.39, 0.29) is 17.9 Å². The van der Waals surface area contributed by atoms with Crippen LogP contribution in [0.5, 0.6) is 0 Å². The van der Waals surface area contributed by atoms with Crippen molar-refractivity contribution in [3.05, 3.63) is 0 Å². The fraction of sp³-hybridized carbons (Fsp3) is 0.905. The average molecular weight is 398 g/mol. The molecule has 7 nitrogen and oxygen atoms in total. The van der Waals surface area contributed by atoms with Crippen molar-refractivity contribution in [1.29, 1.82) is 0 Å². The molecule has 0 bridgehead atoms. The Morgan fingerprint density at radius 2 is 1.86 bits per heavy atom. The predicted octanol–water partition coefficient (Wildman–Crippen LogP) is 1.94. The molecule has 0 unspecified atom stereocenters. The Bertz CT molecular complexity index is 460. The molecule has 0 spiro atoms. The summed E-state index contributed by atoms with van der Waals surface area (Å²) < 4.78 is 5.39. The third-order valence-corrected chi connectivity index (χ3v) is 5.11. The summed E-state index contributed by atoms with van der Waals surface area (Å²) in [6.45, 7) is 13.4. The fourth-order valence-electron chi connectivity index (χ4n) is 3.06. The number of amides is 1. The van der Waals surface area contributed by atoms with E-state index in [2.05, 4.69) is 41.3 Å². The van der Waals surface area contributed by atoms with Crippen molar-refractivity contribution in [3.63, 3.8) is 0 Å². The van der Waals surface area contributed by atoms with Gasteiger partial charge in [0.15, 0.2) is 5.96 Å². The zero-order valence-electron chi connectivity index (χ0n) is 18.9. The molecule has 1 aliphatic rings. The quantitative estimate of drug-likeness (QED) is 0.299. The smallest absolute Gasteiger partial charge is 0.243 e. The highest BCUT2D eigenvalue weighted by molar-refractivity contribution is 5.84. The van der Waals surface area contributed by atoms with Crippen LogP contribution in [-0.2, 0) is 9.53 Å². The Kier molecular flexibility index (Phi) is 12.1. The van der Waals surface area contributed by atoms with Crippen molar-refractivity contribution < 1.29 is 9.53 Å². The summed E-state index contributed by atoms with van der Waals surface area (Å²) in [4.78, 5) is 20.4. The molecule has 1 fully saturated rings. The Hall–Kier alpha value is -1.34. The molecule has 1 heterocycles. The van der Waals surface area contributed by atoms with Crippen molar-refractivity contribution in [3.8, 4) is 0 Å². The highest BCUT2D eigenvalue weighted by Crippen LogP contribution is 2.22. The Morgan fingerprint density at radius 3 is 2.50 bits per heavy atom. The molecule has 0 aromatic carbocycles. The summed E-state index contributed by atoms with van der Waals surface area (Å²) in [5.74, 6) is 0.748. The molecule has 0 radical (unpaired) electrons. The van der Waals surface area contributed by atoms with Crippen LogP contribution in [0, 0.1) is 5.41 Å². The van der Waals surface area contributed by atoms with Gasteiger partial charge in [-0.25, -0.2) is 4.99 Å². The van der Waals surface area contributed by atoms with E-state index >= 15 is 0 Å². The van der Waals surface area contributed by atoms with E-state index in [1.54, 1.807) is 19.0 Å². The lowest BCUT2D eigenvalue weighted by Gasteiger charge is -2.27. The van der Waals surface area contributed by atoms with E-state index in [1.165, 1.54) is 25.7 Å². The Balaban J connectivity index is 2.45. The molecular formula is C21H43N5O2. The highest BCUT2D eigenvalue weighted by Gasteiger charge is 2.18. The minimum atomic E-state index is 0.0108. The molecule has 1 saturated heterocycles. The molecule has 7 heteroatoms. The summed E-state index contributed by atoms with van der Waals surface area (Å²) in [6.07, 6.45) is 6.01. The molecule has 164 valence electrons. The molecule has 28 heavy (non-hydrogen) atoms. The number of guanidine groups is 1. The SMILES string of the molecule is CCCCCC(C)(C)CNC(=NCC(=O)N(C)C)NCCCN1CCOCC1. The van der Waals surface area contributed by atoms with Gasteiger partial charge in [-0.05, 0) is 24.8 Å². The maximum atomic E-state index is 11.9. The van der Waals surface area contributed by atoms with Crippen molar-refractivity contribution in [2.45, 2.75) is 52.9 Å². The summed E-state index contributed by atoms with van der Waals surface area (Å²) in [6, 6.07) is 0. The van der Waals surface area contributed by atoms with Crippen LogP contribution >= 0.6 is 0 Å². The molecule has 0 aromatic heterocycles. The van der Waals surface area contributed by atoms with Crippen LogP contribution < -0.4 is 10.6 Å². The number of rotatable bonds is 12. The lowest BCUT2D eigenvalue weighted by molar-refractivity contribution is -0.127. The average Bonchev–Trinajstić information content (AvgIpc) is 2.67. The molecule has 1 rings (SSSR count). The largest absolute Gasteiger partial charge is 0.379 e. The van der Waals surface area contributed by atoms with Crippen LogP contribution in [0.2, 0.25) is 0 Å². The first-order valence-corrected chi connectivity index (χ1v) is 10.9. The van der Waals surface area contributed by atoms with Gasteiger partial charge in [0, 0.05) is 40.3 Å². The number of nitrogens with one attached hydrogen (secondary N) is 2. The molecule has 1 amide bonds. The van der Waals surface area contributed by atoms with Crippen LogP contribution in [0.3, 0.4) is 0 Å². The van der Waals surface area contributed by atoms with E-state index in [1.807, 2.05) is 0 Å². The maximum absolute atomic E-state index is 11.9. The number of ether oxygens (including phenoxy) is 1. The Labute approximate surface area is 172 Å². The van der Waals surface area contributed by atoms with Crippen molar-refractivity contribution in [2.24, 2.45) is 10.4 Å². The first kappa shape index (κ1) is 24.7. The minimum Gasteiger partial charge on any atom is -0.379 e. The van der Waals surface area contributed by atoms with E-state index < -0.39 is 0 Å². The number of hydrogen-bond acceptors (Lipinski definition) is 4. The van der Waals surface area contributed by atoms with Gasteiger partial charge >= 0.3 is 0 Å². The fourth-order valence-corrected chi connectivity index (χ4v) is 3.06. The molecule has 0 aromatic rings. The van der Waals surface area contributed by atoms with Crippen LogP contribution in [0.15, 0.2) is 4.99 Å². The number of hydrogen-bond donors (Lipinski definition) is 2. The van der Waals surface area contributed by atoms with Gasteiger partial charge in [-0.2, -0.15) is 0 Å². The van der Waals surface area contributed by atoms with Gasteiger partial charge in [0.25, 0.3) is 0 Å². The number of aliphatic imine (C=N–C) groups is 1. The third-order valence-electron chi connectivity index (χ3n) is 5.11. The number of unbranched alkanes of at least 4 members (excludes halogenated alkanes) is 2. The highest BCUT2D eigenvalue weighted by atomic mass is 16.5. The minimum absolute atomic E-state index is 0.0108. The van der Waals surface area contributed by atoms with Gasteiger partial charge in [-0.3, -0.25) is 9.69 Å². The zero-order valence-corrected chi connectivity index (χ0v) is 18.9. The molecule has 2 N–H and O–H groups in total. The summed E-state index contributed by atoms with van der Waals surface area (Å²) in [7, 11) is 3.52. The summed E-state index contributed by atoms with van der Waals surface area (Å²) in [5, 5.41) is 6.86. The predicted molar refractivity (Wildman–Crippen MR) is 117 cm³/mol. The third kappa shape index (κ3) is 11.5. The molecule has 0 atom stereocenters. The molecular weight excluding hydrogens is 354 g/mol. The first-order chi connectivity index (χ1) is 13.3. The van der Waals surface area contributed by atoms with Gasteiger partial charge in [-0.1, -0.05) is 40.0 Å².